The second-order valence-corrected chi connectivity index (χ2v) is 7.86. The zero-order chi connectivity index (χ0) is 21.8. The van der Waals surface area contributed by atoms with Gasteiger partial charge in [0.1, 0.15) is 0 Å². The molecule has 7 nitrogen and oxygen atoms in total. The summed E-state index contributed by atoms with van der Waals surface area (Å²) < 4.78 is 0. The third-order valence-electron chi connectivity index (χ3n) is 5.93. The minimum Gasteiger partial charge on any atom is -0.336 e. The van der Waals surface area contributed by atoms with Crippen LogP contribution >= 0.6 is 0 Å². The summed E-state index contributed by atoms with van der Waals surface area (Å²) in [5.74, 6) is 0.575. The second-order valence-electron chi connectivity index (χ2n) is 7.86. The molecule has 1 fully saturated rings. The zero-order valence-corrected chi connectivity index (χ0v) is 17.6. The van der Waals surface area contributed by atoms with E-state index in [1.165, 1.54) is 11.1 Å². The predicted octanol–water partition coefficient (Wildman–Crippen LogP) is 3.41. The highest BCUT2D eigenvalue weighted by molar-refractivity contribution is 5.94. The van der Waals surface area contributed by atoms with Gasteiger partial charge in [-0.1, -0.05) is 72.8 Å². The molecule has 0 unspecified atom stereocenters. The van der Waals surface area contributed by atoms with Crippen LogP contribution in [-0.2, 0) is 0 Å². The number of hydrogen-bond acceptors (Lipinski definition) is 5. The van der Waals surface area contributed by atoms with Crippen molar-refractivity contribution in [3.05, 3.63) is 102 Å². The van der Waals surface area contributed by atoms with Gasteiger partial charge in [-0.15, -0.1) is 10.2 Å². The number of hydrogen-bond donors (Lipinski definition) is 1. The van der Waals surface area contributed by atoms with Gasteiger partial charge in [0.05, 0.1) is 6.04 Å². The summed E-state index contributed by atoms with van der Waals surface area (Å²) in [6, 6.07) is 28.7. The Balaban J connectivity index is 1.29. The minimum atomic E-state index is 0.0558. The number of H-pyrrole nitrogens is 1. The number of amides is 1. The molecule has 0 saturated carbocycles. The van der Waals surface area contributed by atoms with Crippen molar-refractivity contribution in [2.45, 2.75) is 6.04 Å². The quantitative estimate of drug-likeness (QED) is 0.531. The molecule has 0 aliphatic carbocycles. The number of rotatable bonds is 5. The van der Waals surface area contributed by atoms with Gasteiger partial charge in [0.15, 0.2) is 0 Å². The minimum absolute atomic E-state index is 0.0558. The maximum atomic E-state index is 13.1. The van der Waals surface area contributed by atoms with Gasteiger partial charge in [0.2, 0.25) is 5.82 Å². The summed E-state index contributed by atoms with van der Waals surface area (Å²) in [5.41, 5.74) is 4.05. The van der Waals surface area contributed by atoms with Gasteiger partial charge >= 0.3 is 0 Å². The van der Waals surface area contributed by atoms with E-state index in [0.717, 1.165) is 18.7 Å². The Kier molecular flexibility index (Phi) is 5.72. The Morgan fingerprint density at radius 3 is 1.91 bits per heavy atom. The standard InChI is InChI=1S/C25H24N6O/c32-25(22-13-11-21(12-14-22)24-26-28-29-27-24)31-17-15-30(16-18-31)23(19-7-3-1-4-8-19)20-9-5-2-6-10-20/h1-14,23H,15-18H2,(H,26,27,28,29). The molecule has 160 valence electrons. The summed E-state index contributed by atoms with van der Waals surface area (Å²) >= 11 is 0. The van der Waals surface area contributed by atoms with Gasteiger partial charge in [0, 0.05) is 37.3 Å². The van der Waals surface area contributed by atoms with Gasteiger partial charge in [-0.3, -0.25) is 9.69 Å². The van der Waals surface area contributed by atoms with Crippen LogP contribution in [0.4, 0.5) is 0 Å². The topological polar surface area (TPSA) is 78.0 Å². The number of tetrazole rings is 1. The highest BCUT2D eigenvalue weighted by atomic mass is 16.2. The molecule has 3 aromatic carbocycles. The van der Waals surface area contributed by atoms with Gasteiger partial charge in [-0.2, -0.15) is 5.21 Å². The van der Waals surface area contributed by atoms with Crippen molar-refractivity contribution in [2.24, 2.45) is 0 Å². The molecule has 5 rings (SSSR count). The molecule has 1 aliphatic rings. The molecule has 0 radical (unpaired) electrons. The number of aromatic nitrogens is 4. The van der Waals surface area contributed by atoms with E-state index in [0.29, 0.717) is 24.5 Å². The Morgan fingerprint density at radius 1 is 0.781 bits per heavy atom. The number of nitrogens with zero attached hydrogens (tertiary/aromatic N) is 5. The van der Waals surface area contributed by atoms with Crippen LogP contribution in [0.5, 0.6) is 0 Å². The lowest BCUT2D eigenvalue weighted by atomic mass is 9.96. The molecule has 1 amide bonds. The summed E-state index contributed by atoms with van der Waals surface area (Å²) in [7, 11) is 0. The fourth-order valence-corrected chi connectivity index (χ4v) is 4.30. The lowest BCUT2D eigenvalue weighted by molar-refractivity contribution is 0.0597. The fourth-order valence-electron chi connectivity index (χ4n) is 4.30. The van der Waals surface area contributed by atoms with Crippen LogP contribution in [0, 0.1) is 0 Å². The average Bonchev–Trinajstić information content (AvgIpc) is 3.41. The lowest BCUT2D eigenvalue weighted by Gasteiger charge is -2.39. The SMILES string of the molecule is O=C(c1ccc(-c2nn[nH]n2)cc1)N1CCN(C(c2ccccc2)c2ccccc2)CC1. The lowest BCUT2D eigenvalue weighted by Crippen LogP contribution is -2.49. The second kappa shape index (κ2) is 9.11. The molecule has 1 saturated heterocycles. The zero-order valence-electron chi connectivity index (χ0n) is 17.6. The highest BCUT2D eigenvalue weighted by Crippen LogP contribution is 2.29. The Labute approximate surface area is 186 Å². The third-order valence-corrected chi connectivity index (χ3v) is 5.93. The summed E-state index contributed by atoms with van der Waals surface area (Å²) in [6.45, 7) is 3.03. The van der Waals surface area contributed by atoms with Crippen LogP contribution in [-0.4, -0.2) is 62.5 Å². The van der Waals surface area contributed by atoms with E-state index < -0.39 is 0 Å². The van der Waals surface area contributed by atoms with Crippen LogP contribution in [0.1, 0.15) is 27.5 Å². The van der Waals surface area contributed by atoms with Crippen molar-refractivity contribution >= 4 is 5.91 Å². The third kappa shape index (κ3) is 4.15. The Hall–Kier alpha value is -3.84. The van der Waals surface area contributed by atoms with Crippen molar-refractivity contribution in [2.75, 3.05) is 26.2 Å². The van der Waals surface area contributed by atoms with Crippen LogP contribution < -0.4 is 0 Å². The van der Waals surface area contributed by atoms with Crippen molar-refractivity contribution in [3.63, 3.8) is 0 Å². The number of nitrogens with one attached hydrogen (secondary N) is 1. The maximum absolute atomic E-state index is 13.1. The predicted molar refractivity (Wildman–Crippen MR) is 122 cm³/mol. The molecule has 32 heavy (non-hydrogen) atoms. The van der Waals surface area contributed by atoms with Crippen molar-refractivity contribution < 1.29 is 4.79 Å². The number of carbonyl (C=O) groups excluding carboxylic acids is 1. The first-order chi connectivity index (χ1) is 15.8. The van der Waals surface area contributed by atoms with E-state index >= 15 is 0 Å². The van der Waals surface area contributed by atoms with Crippen molar-refractivity contribution in [1.29, 1.82) is 0 Å². The largest absolute Gasteiger partial charge is 0.336 e. The first kappa shape index (κ1) is 20.1. The summed E-state index contributed by atoms with van der Waals surface area (Å²) in [4.78, 5) is 17.5. The van der Waals surface area contributed by atoms with Crippen LogP contribution in [0.25, 0.3) is 11.4 Å². The van der Waals surface area contributed by atoms with Gasteiger partial charge in [-0.05, 0) is 28.5 Å². The van der Waals surface area contributed by atoms with Gasteiger partial charge in [0.25, 0.3) is 5.91 Å². The Bertz CT molecular complexity index is 1100. The number of benzene rings is 3. The molecule has 2 heterocycles. The summed E-state index contributed by atoms with van der Waals surface area (Å²) in [5, 5.41) is 14.0. The maximum Gasteiger partial charge on any atom is 0.253 e. The molecule has 0 atom stereocenters. The van der Waals surface area contributed by atoms with E-state index in [1.54, 1.807) is 0 Å². The smallest absolute Gasteiger partial charge is 0.253 e. The molecule has 0 spiro atoms. The fraction of sp³-hybridized carbons (Fsp3) is 0.200. The molecule has 1 aromatic heterocycles. The average molecular weight is 425 g/mol. The molecular formula is C25H24N6O. The van der Waals surface area contributed by atoms with Gasteiger partial charge in [-0.25, -0.2) is 0 Å². The number of carbonyl (C=O) groups is 1. The Morgan fingerprint density at radius 2 is 1.38 bits per heavy atom. The van der Waals surface area contributed by atoms with E-state index in [1.807, 2.05) is 41.3 Å². The molecule has 0 bridgehead atoms. The van der Waals surface area contributed by atoms with E-state index in [2.05, 4.69) is 74.1 Å². The van der Waals surface area contributed by atoms with E-state index in [9.17, 15) is 4.79 Å². The highest BCUT2D eigenvalue weighted by Gasteiger charge is 2.28. The molecular weight excluding hydrogens is 400 g/mol. The van der Waals surface area contributed by atoms with E-state index in [4.69, 9.17) is 0 Å². The summed E-state index contributed by atoms with van der Waals surface area (Å²) in [6.07, 6.45) is 0. The van der Waals surface area contributed by atoms with Crippen LogP contribution in [0.3, 0.4) is 0 Å². The molecule has 4 aromatic rings. The van der Waals surface area contributed by atoms with Crippen molar-refractivity contribution in [1.82, 2.24) is 30.4 Å². The number of aromatic amines is 1. The molecule has 1 aliphatic heterocycles. The van der Waals surface area contributed by atoms with Crippen molar-refractivity contribution in [3.8, 4) is 11.4 Å². The monoisotopic (exact) mass is 424 g/mol. The molecule has 1 N–H and O–H groups in total. The van der Waals surface area contributed by atoms with E-state index in [-0.39, 0.29) is 11.9 Å². The van der Waals surface area contributed by atoms with Gasteiger partial charge < -0.3 is 4.90 Å². The first-order valence-electron chi connectivity index (χ1n) is 10.8. The molecule has 7 heteroatoms. The first-order valence-corrected chi connectivity index (χ1v) is 10.8. The van der Waals surface area contributed by atoms with Crippen LogP contribution in [0.15, 0.2) is 84.9 Å². The number of piperazine rings is 1. The normalized spacial score (nSPS) is 14.6. The van der Waals surface area contributed by atoms with Crippen LogP contribution in [0.2, 0.25) is 0 Å².